The van der Waals surface area contributed by atoms with E-state index in [0.717, 1.165) is 16.7 Å². The average molecular weight is 383 g/mol. The van der Waals surface area contributed by atoms with Gasteiger partial charge in [-0.2, -0.15) is 5.10 Å². The molecule has 4 rings (SSSR count). The molecule has 146 valence electrons. The lowest BCUT2D eigenvalue weighted by molar-refractivity contribution is -0.233. The van der Waals surface area contributed by atoms with Gasteiger partial charge in [0.25, 0.3) is 0 Å². The van der Waals surface area contributed by atoms with E-state index in [-0.39, 0.29) is 5.82 Å². The number of hydrogen-bond donors (Lipinski definition) is 5. The van der Waals surface area contributed by atoms with Crippen LogP contribution in [0, 0.1) is 0 Å². The SMILES string of the molecule is OC[C@H]1O[C@@H](c2nc(-c3ccc(-c4ccccc4)cc3)n[nH]2)[C@H](O)[C@@H](O)[C@@H]1O. The van der Waals surface area contributed by atoms with Crippen molar-refractivity contribution in [2.24, 2.45) is 0 Å². The summed E-state index contributed by atoms with van der Waals surface area (Å²) in [7, 11) is 0. The number of ether oxygens (including phenoxy) is 1. The van der Waals surface area contributed by atoms with Gasteiger partial charge in [0, 0.05) is 5.56 Å². The van der Waals surface area contributed by atoms with Crippen molar-refractivity contribution in [1.29, 1.82) is 0 Å². The van der Waals surface area contributed by atoms with Crippen LogP contribution in [0.15, 0.2) is 54.6 Å². The van der Waals surface area contributed by atoms with Gasteiger partial charge in [-0.05, 0) is 11.1 Å². The first-order valence-corrected chi connectivity index (χ1v) is 8.97. The predicted octanol–water partition coefficient (Wildman–Crippen LogP) is 0.654. The fourth-order valence-electron chi connectivity index (χ4n) is 3.30. The number of benzene rings is 2. The Morgan fingerprint density at radius 2 is 1.46 bits per heavy atom. The number of nitrogens with zero attached hydrogens (tertiary/aromatic N) is 2. The first kappa shape index (κ1) is 18.7. The summed E-state index contributed by atoms with van der Waals surface area (Å²) in [5.74, 6) is 0.616. The molecule has 8 nitrogen and oxygen atoms in total. The molecule has 0 saturated carbocycles. The zero-order valence-corrected chi connectivity index (χ0v) is 14.9. The lowest BCUT2D eigenvalue weighted by Crippen LogP contribution is -2.55. The fraction of sp³-hybridized carbons (Fsp3) is 0.300. The third-order valence-corrected chi connectivity index (χ3v) is 4.91. The first-order chi connectivity index (χ1) is 13.6. The maximum absolute atomic E-state index is 10.2. The largest absolute Gasteiger partial charge is 0.394 e. The van der Waals surface area contributed by atoms with Gasteiger partial charge in [0.15, 0.2) is 11.6 Å². The van der Waals surface area contributed by atoms with E-state index < -0.39 is 37.1 Å². The third kappa shape index (κ3) is 3.44. The molecular weight excluding hydrogens is 362 g/mol. The summed E-state index contributed by atoms with van der Waals surface area (Å²) in [6.45, 7) is -0.497. The minimum atomic E-state index is -1.46. The molecule has 1 aliphatic heterocycles. The topological polar surface area (TPSA) is 132 Å². The molecule has 3 aromatic rings. The molecule has 5 atom stereocenters. The van der Waals surface area contributed by atoms with Gasteiger partial charge >= 0.3 is 0 Å². The van der Waals surface area contributed by atoms with E-state index in [4.69, 9.17) is 4.74 Å². The van der Waals surface area contributed by atoms with Crippen LogP contribution in [0.2, 0.25) is 0 Å². The van der Waals surface area contributed by atoms with E-state index in [2.05, 4.69) is 15.2 Å². The molecule has 0 radical (unpaired) electrons. The van der Waals surface area contributed by atoms with Crippen LogP contribution in [0.5, 0.6) is 0 Å². The van der Waals surface area contributed by atoms with E-state index in [1.165, 1.54) is 0 Å². The summed E-state index contributed by atoms with van der Waals surface area (Å²) in [6, 6.07) is 17.7. The fourth-order valence-corrected chi connectivity index (χ4v) is 3.30. The molecule has 28 heavy (non-hydrogen) atoms. The Kier molecular flexibility index (Phi) is 5.21. The Labute approximate surface area is 161 Å². The van der Waals surface area contributed by atoms with E-state index in [0.29, 0.717) is 5.82 Å². The standard InChI is InChI=1S/C20H21N3O5/c24-10-14-15(25)16(26)17(27)18(28-14)20-21-19(22-23-20)13-8-6-12(7-9-13)11-4-2-1-3-5-11/h1-9,14-18,24-27H,10H2,(H,21,22,23)/t14-,15-,16+,17-,18-/m1/s1. The van der Waals surface area contributed by atoms with E-state index in [9.17, 15) is 20.4 Å². The summed E-state index contributed by atoms with van der Waals surface area (Å²) in [6.07, 6.45) is -6.32. The van der Waals surface area contributed by atoms with Crippen LogP contribution in [0.3, 0.4) is 0 Å². The van der Waals surface area contributed by atoms with Gasteiger partial charge in [-0.15, -0.1) is 0 Å². The Morgan fingerprint density at radius 1 is 0.821 bits per heavy atom. The van der Waals surface area contributed by atoms with Gasteiger partial charge < -0.3 is 25.2 Å². The second-order valence-electron chi connectivity index (χ2n) is 6.74. The van der Waals surface area contributed by atoms with Crippen LogP contribution in [-0.4, -0.2) is 66.6 Å². The number of rotatable bonds is 4. The lowest BCUT2D eigenvalue weighted by atomic mass is 9.95. The lowest BCUT2D eigenvalue weighted by Gasteiger charge is -2.38. The zero-order chi connectivity index (χ0) is 19.7. The number of aliphatic hydroxyl groups is 4. The highest BCUT2D eigenvalue weighted by atomic mass is 16.5. The molecule has 2 aromatic carbocycles. The highest BCUT2D eigenvalue weighted by Gasteiger charge is 2.45. The monoisotopic (exact) mass is 383 g/mol. The Bertz CT molecular complexity index is 913. The van der Waals surface area contributed by atoms with Gasteiger partial charge in [0.05, 0.1) is 6.61 Å². The van der Waals surface area contributed by atoms with Crippen molar-refractivity contribution in [3.63, 3.8) is 0 Å². The minimum Gasteiger partial charge on any atom is -0.394 e. The Morgan fingerprint density at radius 3 is 2.14 bits per heavy atom. The third-order valence-electron chi connectivity index (χ3n) is 4.91. The summed E-state index contributed by atoms with van der Waals surface area (Å²) >= 11 is 0. The summed E-state index contributed by atoms with van der Waals surface area (Å²) < 4.78 is 5.50. The first-order valence-electron chi connectivity index (χ1n) is 8.97. The quantitative estimate of drug-likeness (QED) is 0.447. The van der Waals surface area contributed by atoms with Crippen molar-refractivity contribution in [1.82, 2.24) is 15.2 Å². The van der Waals surface area contributed by atoms with Crippen molar-refractivity contribution in [3.05, 3.63) is 60.4 Å². The number of H-pyrrole nitrogens is 1. The van der Waals surface area contributed by atoms with Crippen LogP contribution in [0.4, 0.5) is 0 Å². The van der Waals surface area contributed by atoms with E-state index in [1.807, 2.05) is 54.6 Å². The molecular formula is C20H21N3O5. The van der Waals surface area contributed by atoms with Crippen molar-refractivity contribution in [3.8, 4) is 22.5 Å². The Balaban J connectivity index is 1.56. The highest BCUT2D eigenvalue weighted by Crippen LogP contribution is 2.31. The maximum Gasteiger partial charge on any atom is 0.181 e. The van der Waals surface area contributed by atoms with Gasteiger partial charge in [0.2, 0.25) is 0 Å². The van der Waals surface area contributed by atoms with Gasteiger partial charge in [-0.25, -0.2) is 4.98 Å². The number of aromatic amines is 1. The van der Waals surface area contributed by atoms with Crippen molar-refractivity contribution in [2.75, 3.05) is 6.61 Å². The number of aromatic nitrogens is 3. The maximum atomic E-state index is 10.2. The molecule has 1 aliphatic rings. The molecule has 1 saturated heterocycles. The second kappa shape index (κ2) is 7.78. The highest BCUT2D eigenvalue weighted by molar-refractivity contribution is 5.67. The van der Waals surface area contributed by atoms with Crippen LogP contribution in [-0.2, 0) is 4.74 Å². The van der Waals surface area contributed by atoms with Crippen LogP contribution < -0.4 is 0 Å². The van der Waals surface area contributed by atoms with Crippen molar-refractivity contribution < 1.29 is 25.2 Å². The molecule has 2 heterocycles. The molecule has 0 bridgehead atoms. The predicted molar refractivity (Wildman–Crippen MR) is 100.0 cm³/mol. The molecule has 0 amide bonds. The number of aliphatic hydroxyl groups excluding tert-OH is 4. The van der Waals surface area contributed by atoms with Crippen molar-refractivity contribution >= 4 is 0 Å². The number of nitrogens with one attached hydrogen (secondary N) is 1. The van der Waals surface area contributed by atoms with Crippen LogP contribution in [0.25, 0.3) is 22.5 Å². The zero-order valence-electron chi connectivity index (χ0n) is 14.9. The normalized spacial score (nSPS) is 27.6. The minimum absolute atomic E-state index is 0.207. The van der Waals surface area contributed by atoms with Crippen LogP contribution >= 0.6 is 0 Å². The molecule has 0 aliphatic carbocycles. The molecule has 0 unspecified atom stereocenters. The molecule has 8 heteroatoms. The van der Waals surface area contributed by atoms with Gasteiger partial charge in [-0.3, -0.25) is 5.10 Å². The van der Waals surface area contributed by atoms with Gasteiger partial charge in [0.1, 0.15) is 30.5 Å². The summed E-state index contributed by atoms with van der Waals surface area (Å²) in [4.78, 5) is 4.36. The molecule has 5 N–H and O–H groups in total. The average Bonchev–Trinajstić information content (AvgIpc) is 3.23. The van der Waals surface area contributed by atoms with Crippen molar-refractivity contribution in [2.45, 2.75) is 30.5 Å². The van der Waals surface area contributed by atoms with E-state index >= 15 is 0 Å². The summed E-state index contributed by atoms with van der Waals surface area (Å²) in [5.41, 5.74) is 2.94. The smallest absolute Gasteiger partial charge is 0.181 e. The molecule has 0 spiro atoms. The Hall–Kier alpha value is -2.62. The second-order valence-corrected chi connectivity index (χ2v) is 6.74. The van der Waals surface area contributed by atoms with Crippen LogP contribution in [0.1, 0.15) is 11.9 Å². The number of hydrogen-bond acceptors (Lipinski definition) is 7. The summed E-state index contributed by atoms with van der Waals surface area (Å²) in [5, 5.41) is 46.2. The molecule has 1 aromatic heterocycles. The molecule has 1 fully saturated rings. The van der Waals surface area contributed by atoms with E-state index in [1.54, 1.807) is 0 Å². The van der Waals surface area contributed by atoms with Gasteiger partial charge in [-0.1, -0.05) is 54.6 Å².